The minimum atomic E-state index is -0.328. The number of anilines is 1. The van der Waals surface area contributed by atoms with E-state index in [2.05, 4.69) is 10.3 Å². The van der Waals surface area contributed by atoms with Gasteiger partial charge in [0.05, 0.1) is 38.4 Å². The molecule has 0 saturated carbocycles. The Labute approximate surface area is 125 Å². The van der Waals surface area contributed by atoms with Gasteiger partial charge in [0.15, 0.2) is 0 Å². The number of thiazole rings is 1. The molecule has 2 aromatic rings. The highest BCUT2D eigenvalue weighted by Gasteiger charge is 2.41. The van der Waals surface area contributed by atoms with E-state index in [9.17, 15) is 10.1 Å². The maximum Gasteiger partial charge on any atom is 0.293 e. The Morgan fingerprint density at radius 1 is 1.48 bits per heavy atom. The summed E-state index contributed by atoms with van der Waals surface area (Å²) in [6, 6.07) is 3.58. The Bertz CT molecular complexity index is 730. The van der Waals surface area contributed by atoms with E-state index < -0.39 is 0 Å². The Morgan fingerprint density at radius 2 is 2.33 bits per heavy atom. The zero-order valence-corrected chi connectivity index (χ0v) is 12.4. The van der Waals surface area contributed by atoms with Crippen LogP contribution in [0.15, 0.2) is 12.1 Å². The van der Waals surface area contributed by atoms with Crippen molar-refractivity contribution in [3.05, 3.63) is 27.3 Å². The summed E-state index contributed by atoms with van der Waals surface area (Å²) in [5.74, 6) is 0. The molecule has 110 valence electrons. The molecular formula is C14H15N3O3S. The van der Waals surface area contributed by atoms with Crippen LogP contribution in [0.3, 0.4) is 0 Å². The van der Waals surface area contributed by atoms with Crippen LogP contribution < -0.4 is 5.32 Å². The lowest BCUT2D eigenvalue weighted by Gasteiger charge is -2.21. The lowest BCUT2D eigenvalue weighted by molar-refractivity contribution is -0.383. The minimum Gasteiger partial charge on any atom is -0.374 e. The second-order valence-corrected chi connectivity index (χ2v) is 6.92. The molecule has 1 N–H and O–H groups in total. The zero-order chi connectivity index (χ0) is 14.6. The van der Waals surface area contributed by atoms with E-state index >= 15 is 0 Å². The van der Waals surface area contributed by atoms with Gasteiger partial charge in [-0.15, -0.1) is 11.3 Å². The molecular weight excluding hydrogens is 290 g/mol. The number of nitrogens with one attached hydrogen (secondary N) is 1. The second kappa shape index (κ2) is 4.64. The topological polar surface area (TPSA) is 77.3 Å². The van der Waals surface area contributed by atoms with Gasteiger partial charge in [0, 0.05) is 6.07 Å². The molecule has 2 aliphatic heterocycles. The molecule has 4 rings (SSSR count). The first-order valence-electron chi connectivity index (χ1n) is 7.08. The van der Waals surface area contributed by atoms with Crippen molar-refractivity contribution >= 4 is 32.9 Å². The fourth-order valence-electron chi connectivity index (χ4n) is 3.33. The lowest BCUT2D eigenvalue weighted by atomic mass is 9.95. The summed E-state index contributed by atoms with van der Waals surface area (Å²) in [4.78, 5) is 15.4. The monoisotopic (exact) mass is 305 g/mol. The molecule has 3 atom stereocenters. The van der Waals surface area contributed by atoms with Gasteiger partial charge in [0.2, 0.25) is 0 Å². The second-order valence-electron chi connectivity index (χ2n) is 5.69. The van der Waals surface area contributed by atoms with Crippen LogP contribution in [-0.4, -0.2) is 28.2 Å². The van der Waals surface area contributed by atoms with Crippen molar-refractivity contribution in [2.24, 2.45) is 0 Å². The molecule has 2 saturated heterocycles. The molecule has 0 amide bonds. The van der Waals surface area contributed by atoms with Crippen LogP contribution in [0.5, 0.6) is 0 Å². The summed E-state index contributed by atoms with van der Waals surface area (Å²) in [7, 11) is 0. The summed E-state index contributed by atoms with van der Waals surface area (Å²) in [5, 5.41) is 15.6. The van der Waals surface area contributed by atoms with Crippen molar-refractivity contribution in [2.75, 3.05) is 5.32 Å². The molecule has 0 aliphatic carbocycles. The number of fused-ring (bicyclic) bond motifs is 3. The number of ether oxygens (including phenoxy) is 1. The van der Waals surface area contributed by atoms with E-state index in [1.54, 1.807) is 12.1 Å². The van der Waals surface area contributed by atoms with Gasteiger partial charge in [0.25, 0.3) is 5.69 Å². The smallest absolute Gasteiger partial charge is 0.293 e. The van der Waals surface area contributed by atoms with Gasteiger partial charge in [-0.3, -0.25) is 10.1 Å². The molecule has 0 spiro atoms. The molecule has 2 aliphatic rings. The van der Waals surface area contributed by atoms with Crippen LogP contribution in [0, 0.1) is 17.0 Å². The average molecular weight is 305 g/mol. The van der Waals surface area contributed by atoms with E-state index in [0.29, 0.717) is 11.8 Å². The number of nitrogens with zero attached hydrogens (tertiary/aromatic N) is 2. The fourth-order valence-corrected chi connectivity index (χ4v) is 4.18. The lowest BCUT2D eigenvalue weighted by Crippen LogP contribution is -2.30. The van der Waals surface area contributed by atoms with Crippen LogP contribution in [0.1, 0.15) is 24.3 Å². The van der Waals surface area contributed by atoms with Crippen LogP contribution in [0.4, 0.5) is 11.4 Å². The van der Waals surface area contributed by atoms with E-state index in [4.69, 9.17) is 4.74 Å². The van der Waals surface area contributed by atoms with Crippen LogP contribution >= 0.6 is 11.3 Å². The third-order valence-corrected chi connectivity index (χ3v) is 5.19. The maximum atomic E-state index is 11.3. The first kappa shape index (κ1) is 13.0. The number of nitro benzene ring substituents is 1. The molecule has 21 heavy (non-hydrogen) atoms. The number of benzene rings is 1. The van der Waals surface area contributed by atoms with Gasteiger partial charge in [0.1, 0.15) is 5.69 Å². The van der Waals surface area contributed by atoms with Crippen LogP contribution in [0.2, 0.25) is 0 Å². The number of nitro groups is 1. The first-order chi connectivity index (χ1) is 10.1. The summed E-state index contributed by atoms with van der Waals surface area (Å²) in [6.07, 6.45) is 3.57. The number of aryl methyl sites for hydroxylation is 1. The zero-order valence-electron chi connectivity index (χ0n) is 11.5. The number of aromatic nitrogens is 1. The maximum absolute atomic E-state index is 11.3. The summed E-state index contributed by atoms with van der Waals surface area (Å²) in [5.41, 5.74) is 1.49. The van der Waals surface area contributed by atoms with Gasteiger partial charge in [-0.25, -0.2) is 4.98 Å². The van der Waals surface area contributed by atoms with Crippen LogP contribution in [0.25, 0.3) is 10.2 Å². The standard InChI is InChI=1S/C14H15N3O3S/c1-7-15-11-5-9(12(17(18)19)6-14(11)21-7)16-10-4-8-2-3-13(10)20-8/h5-6,8,10,13,16H,2-4H2,1H3. The molecule has 6 nitrogen and oxygen atoms in total. The SMILES string of the molecule is Cc1nc2cc(NC3CC4CCC3O4)c([N+](=O)[O-])cc2s1. The largest absolute Gasteiger partial charge is 0.374 e. The summed E-state index contributed by atoms with van der Waals surface area (Å²) >= 11 is 1.48. The highest BCUT2D eigenvalue weighted by molar-refractivity contribution is 7.18. The summed E-state index contributed by atoms with van der Waals surface area (Å²) < 4.78 is 6.66. The van der Waals surface area contributed by atoms with Gasteiger partial charge in [-0.1, -0.05) is 0 Å². The van der Waals surface area contributed by atoms with Gasteiger partial charge in [-0.05, 0) is 32.3 Å². The van der Waals surface area contributed by atoms with Crippen molar-refractivity contribution in [1.29, 1.82) is 0 Å². The molecule has 3 unspecified atom stereocenters. The fraction of sp³-hybridized carbons (Fsp3) is 0.500. The Hall–Kier alpha value is -1.73. The van der Waals surface area contributed by atoms with Crippen molar-refractivity contribution in [3.63, 3.8) is 0 Å². The molecule has 1 aromatic carbocycles. The third-order valence-electron chi connectivity index (χ3n) is 4.26. The minimum absolute atomic E-state index is 0.119. The highest BCUT2D eigenvalue weighted by atomic mass is 32.1. The van der Waals surface area contributed by atoms with E-state index in [1.165, 1.54) is 11.3 Å². The number of rotatable bonds is 3. The molecule has 1 aromatic heterocycles. The molecule has 7 heteroatoms. The van der Waals surface area contributed by atoms with E-state index in [1.807, 2.05) is 6.92 Å². The molecule has 2 fully saturated rings. The average Bonchev–Trinajstić information content (AvgIpc) is 3.11. The third kappa shape index (κ3) is 2.16. The Morgan fingerprint density at radius 3 is 3.00 bits per heavy atom. The molecule has 2 bridgehead atoms. The molecule has 0 radical (unpaired) electrons. The quantitative estimate of drug-likeness (QED) is 0.695. The first-order valence-corrected chi connectivity index (χ1v) is 7.89. The predicted octanol–water partition coefficient (Wildman–Crippen LogP) is 3.24. The highest BCUT2D eigenvalue weighted by Crippen LogP contribution is 2.39. The molecule has 3 heterocycles. The number of hydrogen-bond acceptors (Lipinski definition) is 6. The van der Waals surface area contributed by atoms with Crippen molar-refractivity contribution in [1.82, 2.24) is 4.98 Å². The van der Waals surface area contributed by atoms with Crippen LogP contribution in [-0.2, 0) is 4.74 Å². The summed E-state index contributed by atoms with van der Waals surface area (Å²) in [6.45, 7) is 1.91. The normalized spacial score (nSPS) is 27.4. The van der Waals surface area contributed by atoms with Gasteiger partial charge < -0.3 is 10.1 Å². The predicted molar refractivity (Wildman–Crippen MR) is 80.9 cm³/mol. The Balaban J connectivity index is 1.72. The van der Waals surface area contributed by atoms with Crippen molar-refractivity contribution < 1.29 is 9.66 Å². The van der Waals surface area contributed by atoms with Gasteiger partial charge >= 0.3 is 0 Å². The van der Waals surface area contributed by atoms with Gasteiger partial charge in [-0.2, -0.15) is 0 Å². The number of hydrogen-bond donors (Lipinski definition) is 1. The van der Waals surface area contributed by atoms with E-state index in [0.717, 1.165) is 34.5 Å². The van der Waals surface area contributed by atoms with Crippen molar-refractivity contribution in [2.45, 2.75) is 44.4 Å². The van der Waals surface area contributed by atoms with E-state index in [-0.39, 0.29) is 22.8 Å². The Kier molecular flexibility index (Phi) is 2.87. The van der Waals surface area contributed by atoms with Crippen molar-refractivity contribution in [3.8, 4) is 0 Å².